The molecule has 0 fully saturated rings. The first-order valence-corrected chi connectivity index (χ1v) is 5.94. The van der Waals surface area contributed by atoms with Gasteiger partial charge in [-0.05, 0) is 18.4 Å². The van der Waals surface area contributed by atoms with Crippen LogP contribution in [0, 0.1) is 5.92 Å². The van der Waals surface area contributed by atoms with Gasteiger partial charge in [-0.15, -0.1) is 0 Å². The first-order valence-electron chi connectivity index (χ1n) is 5.56. The monoisotopic (exact) mass is 243 g/mol. The minimum atomic E-state index is -0.166. The number of hydrogen-bond acceptors (Lipinski definition) is 3. The fourth-order valence-electron chi connectivity index (χ4n) is 1.46. The highest BCUT2D eigenvalue weighted by Gasteiger charge is 2.06. The molecular weight excluding hydrogens is 226 g/mol. The van der Waals surface area contributed by atoms with E-state index in [-0.39, 0.29) is 6.61 Å². The minimum Gasteiger partial charge on any atom is -0.477 e. The van der Waals surface area contributed by atoms with Crippen molar-refractivity contribution >= 4 is 11.6 Å². The molecule has 1 atom stereocenters. The van der Waals surface area contributed by atoms with Crippen molar-refractivity contribution in [2.45, 2.75) is 33.3 Å². The lowest BCUT2D eigenvalue weighted by Gasteiger charge is -2.12. The molecule has 90 valence electrons. The Balaban J connectivity index is 2.54. The van der Waals surface area contributed by atoms with Crippen molar-refractivity contribution in [2.24, 2.45) is 5.92 Å². The van der Waals surface area contributed by atoms with Crippen molar-refractivity contribution in [2.75, 3.05) is 6.61 Å². The molecule has 1 aromatic heterocycles. The molecule has 0 aliphatic heterocycles. The van der Waals surface area contributed by atoms with Crippen molar-refractivity contribution < 1.29 is 9.84 Å². The first kappa shape index (κ1) is 13.3. The summed E-state index contributed by atoms with van der Waals surface area (Å²) in [6.07, 6.45) is 2.29. The first-order chi connectivity index (χ1) is 7.67. The summed E-state index contributed by atoms with van der Waals surface area (Å²) in [5, 5.41) is 9.47. The highest BCUT2D eigenvalue weighted by Crippen LogP contribution is 2.18. The van der Waals surface area contributed by atoms with Crippen LogP contribution < -0.4 is 4.74 Å². The van der Waals surface area contributed by atoms with E-state index in [1.54, 1.807) is 12.1 Å². The number of hydrogen-bond donors (Lipinski definition) is 1. The molecule has 0 amide bonds. The molecule has 1 aromatic rings. The number of halogens is 1. The van der Waals surface area contributed by atoms with Gasteiger partial charge in [-0.3, -0.25) is 0 Å². The van der Waals surface area contributed by atoms with Crippen LogP contribution in [0.25, 0.3) is 0 Å². The molecule has 1 rings (SSSR count). The molecule has 0 aromatic carbocycles. The summed E-state index contributed by atoms with van der Waals surface area (Å²) in [4.78, 5) is 4.12. The van der Waals surface area contributed by atoms with Crippen LogP contribution in [0.15, 0.2) is 12.1 Å². The maximum Gasteiger partial charge on any atom is 0.213 e. The predicted molar refractivity (Wildman–Crippen MR) is 64.7 cm³/mol. The van der Waals surface area contributed by atoms with Crippen LogP contribution in [-0.2, 0) is 6.61 Å². The second kappa shape index (κ2) is 6.71. The molecule has 0 aliphatic carbocycles. The van der Waals surface area contributed by atoms with Gasteiger partial charge in [-0.2, -0.15) is 0 Å². The molecule has 0 aliphatic rings. The Morgan fingerprint density at radius 3 is 2.88 bits per heavy atom. The van der Waals surface area contributed by atoms with Crippen LogP contribution in [0.5, 0.6) is 5.88 Å². The van der Waals surface area contributed by atoms with Crippen molar-refractivity contribution in [3.8, 4) is 5.88 Å². The molecule has 1 unspecified atom stereocenters. The summed E-state index contributed by atoms with van der Waals surface area (Å²) >= 11 is 5.83. The third-order valence-corrected chi connectivity index (χ3v) is 2.68. The molecule has 0 saturated carbocycles. The largest absolute Gasteiger partial charge is 0.477 e. The quantitative estimate of drug-likeness (QED) is 0.835. The van der Waals surface area contributed by atoms with E-state index in [2.05, 4.69) is 18.8 Å². The smallest absolute Gasteiger partial charge is 0.213 e. The van der Waals surface area contributed by atoms with E-state index in [0.29, 0.717) is 29.1 Å². The van der Waals surface area contributed by atoms with Gasteiger partial charge in [0.15, 0.2) is 0 Å². The van der Waals surface area contributed by atoms with Crippen LogP contribution >= 0.6 is 11.6 Å². The molecule has 1 heterocycles. The molecule has 0 spiro atoms. The third kappa shape index (κ3) is 3.99. The topological polar surface area (TPSA) is 42.4 Å². The fraction of sp³-hybridized carbons (Fsp3) is 0.583. The minimum absolute atomic E-state index is 0.166. The Bertz CT molecular complexity index is 331. The van der Waals surface area contributed by atoms with E-state index in [1.165, 1.54) is 0 Å². The van der Waals surface area contributed by atoms with Crippen molar-refractivity contribution in [3.63, 3.8) is 0 Å². The molecule has 1 N–H and O–H groups in total. The average Bonchev–Trinajstić information content (AvgIpc) is 2.28. The molecule has 16 heavy (non-hydrogen) atoms. The number of aliphatic hydroxyl groups is 1. The Labute approximate surface area is 101 Å². The second-order valence-corrected chi connectivity index (χ2v) is 4.35. The van der Waals surface area contributed by atoms with E-state index < -0.39 is 0 Å². The van der Waals surface area contributed by atoms with Gasteiger partial charge in [0.25, 0.3) is 0 Å². The summed E-state index contributed by atoms with van der Waals surface area (Å²) in [5.41, 5.74) is 0.460. The van der Waals surface area contributed by atoms with Gasteiger partial charge >= 0.3 is 0 Å². The lowest BCUT2D eigenvalue weighted by atomic mass is 10.1. The number of rotatable bonds is 6. The zero-order valence-corrected chi connectivity index (χ0v) is 10.5. The van der Waals surface area contributed by atoms with Crippen molar-refractivity contribution in [3.05, 3.63) is 22.8 Å². The Kier molecular flexibility index (Phi) is 5.56. The van der Waals surface area contributed by atoms with E-state index in [0.717, 1.165) is 12.8 Å². The molecule has 3 nitrogen and oxygen atoms in total. The summed E-state index contributed by atoms with van der Waals surface area (Å²) in [5.74, 6) is 1.04. The average molecular weight is 244 g/mol. The van der Waals surface area contributed by atoms with Crippen LogP contribution in [-0.4, -0.2) is 16.7 Å². The maximum atomic E-state index is 9.00. The zero-order chi connectivity index (χ0) is 12.0. The van der Waals surface area contributed by atoms with Gasteiger partial charge in [-0.1, -0.05) is 31.9 Å². The van der Waals surface area contributed by atoms with Crippen LogP contribution in [0.2, 0.25) is 5.02 Å². The van der Waals surface area contributed by atoms with Crippen LogP contribution in [0.3, 0.4) is 0 Å². The number of ether oxygens (including phenoxy) is 1. The van der Waals surface area contributed by atoms with Gasteiger partial charge in [0.1, 0.15) is 0 Å². The van der Waals surface area contributed by atoms with Gasteiger partial charge in [0.2, 0.25) is 5.88 Å². The molecule has 0 saturated heterocycles. The second-order valence-electron chi connectivity index (χ2n) is 3.94. The molecule has 0 radical (unpaired) electrons. The molecule has 0 bridgehead atoms. The van der Waals surface area contributed by atoms with Gasteiger partial charge in [0.05, 0.1) is 23.9 Å². The summed E-state index contributed by atoms with van der Waals surface area (Å²) in [6, 6.07) is 3.42. The SMILES string of the molecule is CCCC(C)COc1ccc(Cl)c(CO)n1. The lowest BCUT2D eigenvalue weighted by molar-refractivity contribution is 0.237. The molecular formula is C12H18ClNO2. The highest BCUT2D eigenvalue weighted by molar-refractivity contribution is 6.31. The van der Waals surface area contributed by atoms with E-state index in [1.807, 2.05) is 0 Å². The molecule has 4 heteroatoms. The van der Waals surface area contributed by atoms with Crippen LogP contribution in [0.4, 0.5) is 0 Å². The number of nitrogens with zero attached hydrogens (tertiary/aromatic N) is 1. The maximum absolute atomic E-state index is 9.00. The standard InChI is InChI=1S/C12H18ClNO2/c1-3-4-9(2)8-16-12-6-5-10(13)11(7-15)14-12/h5-6,9,15H,3-4,7-8H2,1-2H3. The fourth-order valence-corrected chi connectivity index (χ4v) is 1.62. The summed E-state index contributed by atoms with van der Waals surface area (Å²) in [7, 11) is 0. The number of pyridine rings is 1. The third-order valence-electron chi connectivity index (χ3n) is 2.34. The highest BCUT2D eigenvalue weighted by atomic mass is 35.5. The Morgan fingerprint density at radius 2 is 2.25 bits per heavy atom. The Morgan fingerprint density at radius 1 is 1.50 bits per heavy atom. The van der Waals surface area contributed by atoms with Gasteiger partial charge < -0.3 is 9.84 Å². The van der Waals surface area contributed by atoms with Crippen LogP contribution in [0.1, 0.15) is 32.4 Å². The normalized spacial score (nSPS) is 12.5. The summed E-state index contributed by atoms with van der Waals surface area (Å²) in [6.45, 7) is 4.78. The zero-order valence-electron chi connectivity index (χ0n) is 9.74. The number of aromatic nitrogens is 1. The lowest BCUT2D eigenvalue weighted by Crippen LogP contribution is -2.09. The van der Waals surface area contributed by atoms with Gasteiger partial charge in [0, 0.05) is 6.07 Å². The van der Waals surface area contributed by atoms with E-state index >= 15 is 0 Å². The van der Waals surface area contributed by atoms with Crippen molar-refractivity contribution in [1.29, 1.82) is 0 Å². The van der Waals surface area contributed by atoms with Crippen molar-refractivity contribution in [1.82, 2.24) is 4.98 Å². The Hall–Kier alpha value is -0.800. The van der Waals surface area contributed by atoms with E-state index in [9.17, 15) is 0 Å². The van der Waals surface area contributed by atoms with Gasteiger partial charge in [-0.25, -0.2) is 4.98 Å². The van der Waals surface area contributed by atoms with E-state index in [4.69, 9.17) is 21.4 Å². The number of aliphatic hydroxyl groups excluding tert-OH is 1. The predicted octanol–water partition coefficient (Wildman–Crippen LogP) is 3.04. The summed E-state index contributed by atoms with van der Waals surface area (Å²) < 4.78 is 5.54.